The Morgan fingerprint density at radius 1 is 1.10 bits per heavy atom. The molecule has 2 heterocycles. The molecule has 21 heavy (non-hydrogen) atoms. The highest BCUT2D eigenvalue weighted by molar-refractivity contribution is 7.99. The number of hydrogen-bond acceptors (Lipinski definition) is 5. The summed E-state index contributed by atoms with van der Waals surface area (Å²) >= 11 is 1.59. The maximum atomic E-state index is 5.06. The Balaban J connectivity index is 1.94. The standard InChI is InChI=1S/C15H16N4OS/c1-11-3-5-12(6-4-11)13-7-8-14-16-17-15(19(14)18-13)21-10-9-20-2/h3-8H,9-10H2,1-2H3. The van der Waals surface area contributed by atoms with Gasteiger partial charge in [-0.05, 0) is 19.1 Å². The van der Waals surface area contributed by atoms with Gasteiger partial charge in [-0.3, -0.25) is 0 Å². The van der Waals surface area contributed by atoms with Gasteiger partial charge in [-0.2, -0.15) is 9.61 Å². The Kier molecular flexibility index (Phi) is 4.17. The number of methoxy groups -OCH3 is 1. The van der Waals surface area contributed by atoms with Gasteiger partial charge in [0.15, 0.2) is 5.65 Å². The van der Waals surface area contributed by atoms with E-state index < -0.39 is 0 Å². The number of aryl methyl sites for hydroxylation is 1. The number of nitrogens with zero attached hydrogens (tertiary/aromatic N) is 4. The summed E-state index contributed by atoms with van der Waals surface area (Å²) in [6.07, 6.45) is 0. The third kappa shape index (κ3) is 3.06. The quantitative estimate of drug-likeness (QED) is 0.536. The molecule has 0 atom stereocenters. The molecule has 2 aromatic heterocycles. The van der Waals surface area contributed by atoms with Crippen molar-refractivity contribution in [3.63, 3.8) is 0 Å². The molecule has 0 radical (unpaired) electrons. The number of rotatable bonds is 5. The molecule has 3 aromatic rings. The highest BCUT2D eigenvalue weighted by Gasteiger charge is 2.09. The zero-order chi connectivity index (χ0) is 14.7. The van der Waals surface area contributed by atoms with Crippen LogP contribution in [0.15, 0.2) is 41.6 Å². The van der Waals surface area contributed by atoms with Crippen LogP contribution in [-0.4, -0.2) is 39.3 Å². The van der Waals surface area contributed by atoms with Crippen molar-refractivity contribution in [3.05, 3.63) is 42.0 Å². The normalized spacial score (nSPS) is 11.1. The van der Waals surface area contributed by atoms with Gasteiger partial charge in [-0.15, -0.1) is 10.2 Å². The Labute approximate surface area is 127 Å². The molecule has 5 nitrogen and oxygen atoms in total. The predicted octanol–water partition coefficient (Wildman–Crippen LogP) is 2.84. The summed E-state index contributed by atoms with van der Waals surface area (Å²) in [5.74, 6) is 0.827. The molecular weight excluding hydrogens is 284 g/mol. The number of aromatic nitrogens is 4. The molecule has 0 aliphatic carbocycles. The van der Waals surface area contributed by atoms with E-state index in [4.69, 9.17) is 4.74 Å². The molecule has 0 saturated carbocycles. The molecular formula is C15H16N4OS. The van der Waals surface area contributed by atoms with Crippen molar-refractivity contribution in [1.29, 1.82) is 0 Å². The first-order chi connectivity index (χ1) is 10.3. The van der Waals surface area contributed by atoms with E-state index in [1.54, 1.807) is 23.4 Å². The lowest BCUT2D eigenvalue weighted by Gasteiger charge is -2.03. The van der Waals surface area contributed by atoms with Gasteiger partial charge < -0.3 is 4.74 Å². The summed E-state index contributed by atoms with van der Waals surface area (Å²) in [5, 5.41) is 13.7. The second-order valence-electron chi connectivity index (χ2n) is 4.68. The number of thioether (sulfide) groups is 1. The summed E-state index contributed by atoms with van der Waals surface area (Å²) in [7, 11) is 1.69. The van der Waals surface area contributed by atoms with Crippen molar-refractivity contribution >= 4 is 17.4 Å². The zero-order valence-corrected chi connectivity index (χ0v) is 12.8. The Morgan fingerprint density at radius 3 is 2.67 bits per heavy atom. The first-order valence-corrected chi connectivity index (χ1v) is 7.68. The smallest absolute Gasteiger partial charge is 0.212 e. The predicted molar refractivity (Wildman–Crippen MR) is 83.6 cm³/mol. The highest BCUT2D eigenvalue weighted by Crippen LogP contribution is 2.20. The van der Waals surface area contributed by atoms with Crippen LogP contribution in [0.25, 0.3) is 16.9 Å². The van der Waals surface area contributed by atoms with Crippen LogP contribution >= 0.6 is 11.8 Å². The number of ether oxygens (including phenoxy) is 1. The molecule has 0 saturated heterocycles. The van der Waals surface area contributed by atoms with Crippen molar-refractivity contribution in [3.8, 4) is 11.3 Å². The van der Waals surface area contributed by atoms with Crippen molar-refractivity contribution < 1.29 is 4.74 Å². The lowest BCUT2D eigenvalue weighted by atomic mass is 10.1. The van der Waals surface area contributed by atoms with Crippen LogP contribution in [0.1, 0.15) is 5.56 Å². The van der Waals surface area contributed by atoms with Crippen LogP contribution in [0.3, 0.4) is 0 Å². The van der Waals surface area contributed by atoms with Crippen LogP contribution in [0.4, 0.5) is 0 Å². The van der Waals surface area contributed by atoms with Gasteiger partial charge in [0.05, 0.1) is 12.3 Å². The molecule has 1 aromatic carbocycles. The fourth-order valence-corrected chi connectivity index (χ4v) is 2.74. The Morgan fingerprint density at radius 2 is 1.90 bits per heavy atom. The van der Waals surface area contributed by atoms with Gasteiger partial charge >= 0.3 is 0 Å². The highest BCUT2D eigenvalue weighted by atomic mass is 32.2. The minimum absolute atomic E-state index is 0.678. The SMILES string of the molecule is COCCSc1nnc2ccc(-c3ccc(C)cc3)nn12. The van der Waals surface area contributed by atoms with Crippen LogP contribution < -0.4 is 0 Å². The molecule has 0 aliphatic heterocycles. The maximum absolute atomic E-state index is 5.06. The fraction of sp³-hybridized carbons (Fsp3) is 0.267. The van der Waals surface area contributed by atoms with E-state index in [9.17, 15) is 0 Å². The Bertz CT molecular complexity index is 739. The van der Waals surface area contributed by atoms with E-state index in [-0.39, 0.29) is 0 Å². The van der Waals surface area contributed by atoms with Crippen LogP contribution in [0.2, 0.25) is 0 Å². The summed E-state index contributed by atoms with van der Waals surface area (Å²) in [4.78, 5) is 0. The number of fused-ring (bicyclic) bond motifs is 1. The second kappa shape index (κ2) is 6.24. The van der Waals surface area contributed by atoms with Crippen molar-refractivity contribution in [2.75, 3.05) is 19.5 Å². The van der Waals surface area contributed by atoms with Gasteiger partial charge in [-0.25, -0.2) is 0 Å². The molecule has 0 spiro atoms. The second-order valence-corrected chi connectivity index (χ2v) is 5.74. The first kappa shape index (κ1) is 14.0. The lowest BCUT2D eigenvalue weighted by molar-refractivity contribution is 0.218. The minimum Gasteiger partial charge on any atom is -0.384 e. The van der Waals surface area contributed by atoms with Gasteiger partial charge in [0.2, 0.25) is 5.16 Å². The van der Waals surface area contributed by atoms with Crippen LogP contribution in [0.5, 0.6) is 0 Å². The lowest BCUT2D eigenvalue weighted by Crippen LogP contribution is -1.98. The topological polar surface area (TPSA) is 52.3 Å². The summed E-state index contributed by atoms with van der Waals surface area (Å²) in [5.41, 5.74) is 3.99. The van der Waals surface area contributed by atoms with Gasteiger partial charge in [-0.1, -0.05) is 41.6 Å². The number of hydrogen-bond donors (Lipinski definition) is 0. The van der Waals surface area contributed by atoms with E-state index in [0.717, 1.165) is 27.8 Å². The third-order valence-electron chi connectivity index (χ3n) is 3.10. The van der Waals surface area contributed by atoms with Crippen LogP contribution in [-0.2, 0) is 4.74 Å². The van der Waals surface area contributed by atoms with E-state index in [2.05, 4.69) is 46.5 Å². The summed E-state index contributed by atoms with van der Waals surface area (Å²) in [6, 6.07) is 12.2. The average molecular weight is 300 g/mol. The molecule has 3 rings (SSSR count). The fourth-order valence-electron chi connectivity index (χ4n) is 1.95. The van der Waals surface area contributed by atoms with E-state index >= 15 is 0 Å². The minimum atomic E-state index is 0.678. The molecule has 108 valence electrons. The molecule has 0 amide bonds. The first-order valence-electron chi connectivity index (χ1n) is 6.69. The Hall–Kier alpha value is -1.92. The van der Waals surface area contributed by atoms with Gasteiger partial charge in [0.1, 0.15) is 0 Å². The summed E-state index contributed by atoms with van der Waals surface area (Å²) in [6.45, 7) is 2.75. The molecule has 0 unspecified atom stereocenters. The molecule has 6 heteroatoms. The van der Waals surface area contributed by atoms with Crippen molar-refractivity contribution in [2.45, 2.75) is 12.1 Å². The van der Waals surface area contributed by atoms with Crippen LogP contribution in [0, 0.1) is 6.92 Å². The average Bonchev–Trinajstić information content (AvgIpc) is 2.91. The zero-order valence-electron chi connectivity index (χ0n) is 12.0. The molecule has 0 aliphatic rings. The molecule has 0 fully saturated rings. The van der Waals surface area contributed by atoms with Crippen molar-refractivity contribution in [2.24, 2.45) is 0 Å². The summed E-state index contributed by atoms with van der Waals surface area (Å²) < 4.78 is 6.84. The van der Waals surface area contributed by atoms with E-state index in [1.807, 2.05) is 12.1 Å². The van der Waals surface area contributed by atoms with Gasteiger partial charge in [0, 0.05) is 18.4 Å². The van der Waals surface area contributed by atoms with E-state index in [0.29, 0.717) is 6.61 Å². The molecule has 0 bridgehead atoms. The third-order valence-corrected chi connectivity index (χ3v) is 3.98. The van der Waals surface area contributed by atoms with Gasteiger partial charge in [0.25, 0.3) is 0 Å². The van der Waals surface area contributed by atoms with Crippen molar-refractivity contribution in [1.82, 2.24) is 19.8 Å². The monoisotopic (exact) mass is 300 g/mol. The van der Waals surface area contributed by atoms with E-state index in [1.165, 1.54) is 5.56 Å². The largest absolute Gasteiger partial charge is 0.384 e. The number of benzene rings is 1. The molecule has 0 N–H and O–H groups in total. The maximum Gasteiger partial charge on any atom is 0.212 e.